The van der Waals surface area contributed by atoms with Gasteiger partial charge in [-0.1, -0.05) is 6.42 Å². The van der Waals surface area contributed by atoms with Gasteiger partial charge in [-0.25, -0.2) is 4.79 Å². The molecular weight excluding hydrogens is 284 g/mol. The number of carboxylic acid groups (broad SMARTS) is 1. The van der Waals surface area contributed by atoms with E-state index in [2.05, 4.69) is 0 Å². The van der Waals surface area contributed by atoms with Crippen molar-refractivity contribution in [2.24, 2.45) is 0 Å². The van der Waals surface area contributed by atoms with E-state index in [0.717, 1.165) is 18.9 Å². The van der Waals surface area contributed by atoms with E-state index < -0.39 is 5.97 Å². The summed E-state index contributed by atoms with van der Waals surface area (Å²) >= 11 is 0. The van der Waals surface area contributed by atoms with Crippen LogP contribution in [0.15, 0.2) is 29.8 Å². The molecule has 0 radical (unpaired) electrons. The summed E-state index contributed by atoms with van der Waals surface area (Å²) in [4.78, 5) is 22.9. The first-order chi connectivity index (χ1) is 10.6. The molecule has 0 bridgehead atoms. The number of aliphatic carboxylic acids is 1. The molecule has 0 aromatic heterocycles. The van der Waals surface area contributed by atoms with Gasteiger partial charge in [0.15, 0.2) is 5.78 Å². The molecule has 1 fully saturated rings. The third-order valence-electron chi connectivity index (χ3n) is 4.03. The van der Waals surface area contributed by atoms with Gasteiger partial charge < -0.3 is 14.6 Å². The van der Waals surface area contributed by atoms with Crippen LogP contribution in [0.25, 0.3) is 0 Å². The van der Waals surface area contributed by atoms with Crippen molar-refractivity contribution in [3.8, 4) is 11.5 Å². The van der Waals surface area contributed by atoms with Crippen molar-refractivity contribution < 1.29 is 24.2 Å². The fraction of sp³-hybridized carbons (Fsp3) is 0.412. The molecule has 22 heavy (non-hydrogen) atoms. The molecule has 1 heterocycles. The Bertz CT molecular complexity index is 626. The smallest absolute Gasteiger partial charge is 0.328 e. The minimum Gasteiger partial charge on any atom is -0.490 e. The molecule has 0 spiro atoms. The van der Waals surface area contributed by atoms with Gasteiger partial charge in [0.1, 0.15) is 18.1 Å². The Morgan fingerprint density at radius 1 is 1.27 bits per heavy atom. The normalized spacial score (nSPS) is 20.4. The highest BCUT2D eigenvalue weighted by molar-refractivity contribution is 6.13. The molecule has 1 aromatic carbocycles. The number of carbonyl (C=O) groups is 2. The van der Waals surface area contributed by atoms with Crippen LogP contribution in [-0.4, -0.2) is 29.6 Å². The second-order valence-corrected chi connectivity index (χ2v) is 5.66. The monoisotopic (exact) mass is 302 g/mol. The molecule has 1 aliphatic heterocycles. The van der Waals surface area contributed by atoms with E-state index in [0.29, 0.717) is 17.1 Å². The van der Waals surface area contributed by atoms with E-state index in [1.807, 2.05) is 0 Å². The number of benzene rings is 1. The van der Waals surface area contributed by atoms with Gasteiger partial charge in [0.2, 0.25) is 0 Å². The lowest BCUT2D eigenvalue weighted by molar-refractivity contribution is -0.131. The SMILES string of the molecule is O=C(O)C=C1COc2cc(OC3CCCCC3)ccc2C1=O. The average Bonchev–Trinajstić information content (AvgIpc) is 2.51. The largest absolute Gasteiger partial charge is 0.490 e. The highest BCUT2D eigenvalue weighted by atomic mass is 16.5. The Hall–Kier alpha value is -2.30. The Morgan fingerprint density at radius 3 is 2.77 bits per heavy atom. The van der Waals surface area contributed by atoms with E-state index in [-0.39, 0.29) is 24.1 Å². The third-order valence-corrected chi connectivity index (χ3v) is 4.03. The van der Waals surface area contributed by atoms with Crippen LogP contribution >= 0.6 is 0 Å². The molecule has 116 valence electrons. The molecule has 1 saturated carbocycles. The fourth-order valence-electron chi connectivity index (χ4n) is 2.91. The zero-order valence-corrected chi connectivity index (χ0v) is 12.2. The quantitative estimate of drug-likeness (QED) is 0.869. The summed E-state index contributed by atoms with van der Waals surface area (Å²) in [6.07, 6.45) is 6.89. The van der Waals surface area contributed by atoms with Gasteiger partial charge in [-0.2, -0.15) is 0 Å². The summed E-state index contributed by atoms with van der Waals surface area (Å²) < 4.78 is 11.5. The zero-order chi connectivity index (χ0) is 15.5. The summed E-state index contributed by atoms with van der Waals surface area (Å²) in [5, 5.41) is 8.75. The number of rotatable bonds is 3. The van der Waals surface area contributed by atoms with Crippen LogP contribution in [0.3, 0.4) is 0 Å². The number of hydrogen-bond donors (Lipinski definition) is 1. The van der Waals surface area contributed by atoms with Gasteiger partial charge in [-0.05, 0) is 37.8 Å². The molecule has 1 aliphatic carbocycles. The number of carbonyl (C=O) groups excluding carboxylic acids is 1. The highest BCUT2D eigenvalue weighted by Gasteiger charge is 2.25. The molecule has 3 rings (SSSR count). The molecule has 2 aliphatic rings. The number of hydrogen-bond acceptors (Lipinski definition) is 4. The van der Waals surface area contributed by atoms with Crippen molar-refractivity contribution in [1.29, 1.82) is 0 Å². The number of Topliss-reactive ketones (excluding diaryl/α,β-unsaturated/α-hetero) is 1. The van der Waals surface area contributed by atoms with Crippen molar-refractivity contribution in [3.05, 3.63) is 35.4 Å². The summed E-state index contributed by atoms with van der Waals surface area (Å²) in [6.45, 7) is -0.0228. The highest BCUT2D eigenvalue weighted by Crippen LogP contribution is 2.32. The summed E-state index contributed by atoms with van der Waals surface area (Å²) in [5.74, 6) is -0.287. The molecular formula is C17H18O5. The van der Waals surface area contributed by atoms with Crippen molar-refractivity contribution >= 4 is 11.8 Å². The van der Waals surface area contributed by atoms with Crippen LogP contribution in [-0.2, 0) is 4.79 Å². The lowest BCUT2D eigenvalue weighted by Gasteiger charge is -2.24. The minimum absolute atomic E-state index is 0.0228. The lowest BCUT2D eigenvalue weighted by atomic mass is 9.97. The van der Waals surface area contributed by atoms with Gasteiger partial charge in [-0.3, -0.25) is 4.79 Å². The van der Waals surface area contributed by atoms with Gasteiger partial charge in [0.25, 0.3) is 0 Å². The molecule has 0 amide bonds. The van der Waals surface area contributed by atoms with Crippen LogP contribution < -0.4 is 9.47 Å². The lowest BCUT2D eigenvalue weighted by Crippen LogP contribution is -2.22. The Kier molecular flexibility index (Phi) is 4.13. The average molecular weight is 302 g/mol. The maximum absolute atomic E-state index is 12.2. The predicted molar refractivity (Wildman–Crippen MR) is 79.5 cm³/mol. The van der Waals surface area contributed by atoms with Gasteiger partial charge in [-0.15, -0.1) is 0 Å². The summed E-state index contributed by atoms with van der Waals surface area (Å²) in [7, 11) is 0. The van der Waals surface area contributed by atoms with Crippen LogP contribution in [0.4, 0.5) is 0 Å². The maximum atomic E-state index is 12.2. The molecule has 0 atom stereocenters. The maximum Gasteiger partial charge on any atom is 0.328 e. The molecule has 0 saturated heterocycles. The van der Waals surface area contributed by atoms with Crippen molar-refractivity contribution in [2.75, 3.05) is 6.61 Å². The first kappa shape index (κ1) is 14.6. The van der Waals surface area contributed by atoms with Gasteiger partial charge in [0.05, 0.1) is 11.7 Å². The van der Waals surface area contributed by atoms with Crippen LogP contribution in [0, 0.1) is 0 Å². The van der Waals surface area contributed by atoms with Gasteiger partial charge >= 0.3 is 5.97 Å². The van der Waals surface area contributed by atoms with Crippen molar-refractivity contribution in [2.45, 2.75) is 38.2 Å². The van der Waals surface area contributed by atoms with E-state index in [1.165, 1.54) is 19.3 Å². The van der Waals surface area contributed by atoms with Gasteiger partial charge in [0, 0.05) is 17.7 Å². The van der Waals surface area contributed by atoms with E-state index in [1.54, 1.807) is 18.2 Å². The number of carboxylic acids is 1. The van der Waals surface area contributed by atoms with Crippen molar-refractivity contribution in [1.82, 2.24) is 0 Å². The topological polar surface area (TPSA) is 72.8 Å². The van der Waals surface area contributed by atoms with Crippen molar-refractivity contribution in [3.63, 3.8) is 0 Å². The Labute approximate surface area is 128 Å². The molecule has 1 aromatic rings. The number of ketones is 1. The standard InChI is InChI=1S/C17H18O5/c18-16(19)8-11-10-21-15-9-13(6-7-14(15)17(11)20)22-12-4-2-1-3-5-12/h6-9,12H,1-5,10H2,(H,18,19). The first-order valence-electron chi connectivity index (χ1n) is 7.55. The minimum atomic E-state index is -1.15. The summed E-state index contributed by atoms with van der Waals surface area (Å²) in [5.41, 5.74) is 0.538. The molecule has 5 nitrogen and oxygen atoms in total. The Balaban J connectivity index is 1.77. The van der Waals surface area contributed by atoms with E-state index in [9.17, 15) is 9.59 Å². The zero-order valence-electron chi connectivity index (χ0n) is 12.2. The number of ether oxygens (including phenoxy) is 2. The molecule has 1 N–H and O–H groups in total. The summed E-state index contributed by atoms with van der Waals surface area (Å²) in [6, 6.07) is 5.11. The van der Waals surface area contributed by atoms with E-state index in [4.69, 9.17) is 14.6 Å². The second kappa shape index (κ2) is 6.22. The number of fused-ring (bicyclic) bond motifs is 1. The first-order valence-corrected chi connectivity index (χ1v) is 7.55. The third kappa shape index (κ3) is 3.13. The fourth-order valence-corrected chi connectivity index (χ4v) is 2.91. The Morgan fingerprint density at radius 2 is 2.05 bits per heavy atom. The molecule has 0 unspecified atom stereocenters. The molecule has 5 heteroatoms. The predicted octanol–water partition coefficient (Wildman–Crippen LogP) is 2.98. The van der Waals surface area contributed by atoms with Crippen LogP contribution in [0.2, 0.25) is 0 Å². The van der Waals surface area contributed by atoms with E-state index >= 15 is 0 Å². The second-order valence-electron chi connectivity index (χ2n) is 5.66. The van der Waals surface area contributed by atoms with Crippen LogP contribution in [0.1, 0.15) is 42.5 Å². The van der Waals surface area contributed by atoms with Crippen LogP contribution in [0.5, 0.6) is 11.5 Å².